The molecule has 1 aromatic heterocycles. The Morgan fingerprint density at radius 1 is 1.17 bits per heavy atom. The molecule has 0 bridgehead atoms. The molecule has 2 amide bonds. The van der Waals surface area contributed by atoms with Gasteiger partial charge in [0.05, 0.1) is 22.7 Å². The van der Waals surface area contributed by atoms with Crippen molar-refractivity contribution in [1.29, 1.82) is 0 Å². The fourth-order valence-electron chi connectivity index (χ4n) is 3.96. The highest BCUT2D eigenvalue weighted by atomic mass is 32.1. The molecule has 0 spiro atoms. The van der Waals surface area contributed by atoms with Gasteiger partial charge in [0.1, 0.15) is 0 Å². The Morgan fingerprint density at radius 2 is 1.97 bits per heavy atom. The number of anilines is 1. The third-order valence-corrected chi connectivity index (χ3v) is 6.36. The minimum absolute atomic E-state index is 0.00534. The number of rotatable bonds is 6. The zero-order valence-electron chi connectivity index (χ0n) is 15.9. The van der Waals surface area contributed by atoms with Crippen LogP contribution < -0.4 is 4.90 Å². The molecule has 1 atom stereocenters. The van der Waals surface area contributed by atoms with Crippen LogP contribution in [-0.2, 0) is 14.3 Å². The van der Waals surface area contributed by atoms with Crippen molar-refractivity contribution >= 4 is 40.6 Å². The molecule has 3 heterocycles. The fourth-order valence-corrected chi connectivity index (χ4v) is 4.66. The highest BCUT2D eigenvalue weighted by molar-refractivity contribution is 7.12. The normalized spacial score (nSPS) is 20.4. The SMILES string of the molecule is CN1C(=O)c2ccccc2N2C(=O)CC[C@]12C(=O)OCCCC(=O)c1cccs1. The van der Waals surface area contributed by atoms with Gasteiger partial charge in [0.25, 0.3) is 5.91 Å². The number of esters is 1. The quantitative estimate of drug-likeness (QED) is 0.414. The lowest BCUT2D eigenvalue weighted by Gasteiger charge is -2.46. The van der Waals surface area contributed by atoms with Gasteiger partial charge in [-0.3, -0.25) is 19.3 Å². The second kappa shape index (κ2) is 7.44. The Hall–Kier alpha value is -3.00. The van der Waals surface area contributed by atoms with Gasteiger partial charge >= 0.3 is 5.97 Å². The molecular formula is C21H20N2O5S. The molecule has 0 aliphatic carbocycles. The maximum atomic E-state index is 13.1. The van der Waals surface area contributed by atoms with E-state index in [9.17, 15) is 19.2 Å². The first-order valence-corrected chi connectivity index (χ1v) is 10.3. The number of Topliss-reactive ketones (excluding diaryl/α,β-unsaturated/α-hetero) is 1. The van der Waals surface area contributed by atoms with Crippen LogP contribution in [0.5, 0.6) is 0 Å². The molecule has 150 valence electrons. The van der Waals surface area contributed by atoms with Crippen LogP contribution in [0, 0.1) is 0 Å². The molecule has 2 aliphatic heterocycles. The van der Waals surface area contributed by atoms with Crippen LogP contribution in [0.3, 0.4) is 0 Å². The summed E-state index contributed by atoms with van der Waals surface area (Å²) in [6.45, 7) is 0.0450. The zero-order valence-corrected chi connectivity index (χ0v) is 16.7. The predicted molar refractivity (Wildman–Crippen MR) is 107 cm³/mol. The number of fused-ring (bicyclic) bond motifs is 3. The number of carbonyl (C=O) groups excluding carboxylic acids is 4. The molecule has 29 heavy (non-hydrogen) atoms. The van der Waals surface area contributed by atoms with Gasteiger partial charge in [-0.25, -0.2) is 4.79 Å². The van der Waals surface area contributed by atoms with E-state index in [1.807, 2.05) is 11.4 Å². The van der Waals surface area contributed by atoms with Crippen LogP contribution in [0.15, 0.2) is 41.8 Å². The number of hydrogen-bond donors (Lipinski definition) is 0. The van der Waals surface area contributed by atoms with E-state index in [-0.39, 0.29) is 43.5 Å². The number of carbonyl (C=O) groups is 4. The summed E-state index contributed by atoms with van der Waals surface area (Å²) in [5.74, 6) is -1.18. The number of ether oxygens (including phenoxy) is 1. The number of nitrogens with zero attached hydrogens (tertiary/aromatic N) is 2. The van der Waals surface area contributed by atoms with Gasteiger partial charge in [-0.2, -0.15) is 0 Å². The largest absolute Gasteiger partial charge is 0.463 e. The second-order valence-corrected chi connectivity index (χ2v) is 8.01. The summed E-state index contributed by atoms with van der Waals surface area (Å²) >= 11 is 1.38. The number of para-hydroxylation sites is 1. The van der Waals surface area contributed by atoms with Crippen LogP contribution in [0.2, 0.25) is 0 Å². The van der Waals surface area contributed by atoms with Gasteiger partial charge in [0.15, 0.2) is 5.78 Å². The first-order chi connectivity index (χ1) is 14.0. The molecule has 7 nitrogen and oxygen atoms in total. The average molecular weight is 412 g/mol. The van der Waals surface area contributed by atoms with Crippen molar-refractivity contribution in [3.63, 3.8) is 0 Å². The average Bonchev–Trinajstić information content (AvgIpc) is 3.38. The summed E-state index contributed by atoms with van der Waals surface area (Å²) in [6.07, 6.45) is 0.967. The minimum atomic E-state index is -1.47. The van der Waals surface area contributed by atoms with Crippen molar-refractivity contribution in [2.75, 3.05) is 18.6 Å². The Kier molecular flexibility index (Phi) is 4.96. The Morgan fingerprint density at radius 3 is 2.72 bits per heavy atom. The number of ketones is 1. The third-order valence-electron chi connectivity index (χ3n) is 5.45. The molecule has 1 aromatic carbocycles. The summed E-state index contributed by atoms with van der Waals surface area (Å²) in [5, 5.41) is 1.84. The Labute approximate surface area is 171 Å². The van der Waals surface area contributed by atoms with E-state index in [4.69, 9.17) is 4.74 Å². The van der Waals surface area contributed by atoms with Gasteiger partial charge in [-0.1, -0.05) is 18.2 Å². The van der Waals surface area contributed by atoms with Crippen molar-refractivity contribution in [2.45, 2.75) is 31.3 Å². The molecule has 8 heteroatoms. The van der Waals surface area contributed by atoms with Gasteiger partial charge in [-0.15, -0.1) is 11.3 Å². The number of amides is 2. The van der Waals surface area contributed by atoms with E-state index in [0.29, 0.717) is 22.5 Å². The number of thiophene rings is 1. The molecular weight excluding hydrogens is 392 g/mol. The first-order valence-electron chi connectivity index (χ1n) is 9.41. The molecule has 0 unspecified atom stereocenters. The minimum Gasteiger partial charge on any atom is -0.463 e. The van der Waals surface area contributed by atoms with E-state index >= 15 is 0 Å². The first kappa shape index (κ1) is 19.3. The maximum absolute atomic E-state index is 13.1. The van der Waals surface area contributed by atoms with Gasteiger partial charge in [-0.05, 0) is 30.0 Å². The van der Waals surface area contributed by atoms with Crippen molar-refractivity contribution in [3.8, 4) is 0 Å². The lowest BCUT2D eigenvalue weighted by atomic mass is 9.97. The smallest absolute Gasteiger partial charge is 0.353 e. The van der Waals surface area contributed by atoms with Crippen LogP contribution >= 0.6 is 11.3 Å². The molecule has 1 fully saturated rings. The molecule has 0 N–H and O–H groups in total. The standard InChI is InChI=1S/C21H20N2O5S/c1-22-19(26)14-6-2-3-7-15(14)23-18(25)10-11-21(22,23)20(27)28-12-4-8-16(24)17-9-5-13-29-17/h2-3,5-7,9,13H,4,8,10-12H2,1H3/t21-/m0/s1. The summed E-state index contributed by atoms with van der Waals surface area (Å²) in [5.41, 5.74) is -0.654. The van der Waals surface area contributed by atoms with Crippen molar-refractivity contribution in [2.24, 2.45) is 0 Å². The van der Waals surface area contributed by atoms with Crippen LogP contribution in [0.1, 0.15) is 45.7 Å². The van der Waals surface area contributed by atoms with Crippen molar-refractivity contribution < 1.29 is 23.9 Å². The third kappa shape index (κ3) is 3.04. The summed E-state index contributed by atoms with van der Waals surface area (Å²) in [6, 6.07) is 10.4. The number of hydrogen-bond acceptors (Lipinski definition) is 6. The highest BCUT2D eigenvalue weighted by Gasteiger charge is 2.60. The topological polar surface area (TPSA) is 84.0 Å². The molecule has 0 radical (unpaired) electrons. The van der Waals surface area contributed by atoms with E-state index < -0.39 is 11.6 Å². The fraction of sp³-hybridized carbons (Fsp3) is 0.333. The molecule has 0 saturated carbocycles. The molecule has 1 saturated heterocycles. The summed E-state index contributed by atoms with van der Waals surface area (Å²) < 4.78 is 5.46. The number of benzene rings is 1. The molecule has 2 aliphatic rings. The monoisotopic (exact) mass is 412 g/mol. The highest BCUT2D eigenvalue weighted by Crippen LogP contribution is 2.44. The number of likely N-dealkylation sites (N-methyl/N-ethyl adjacent to an activating group) is 1. The summed E-state index contributed by atoms with van der Waals surface area (Å²) in [7, 11) is 1.52. The maximum Gasteiger partial charge on any atom is 0.353 e. The molecule has 4 rings (SSSR count). The van der Waals surface area contributed by atoms with Crippen molar-refractivity contribution in [1.82, 2.24) is 4.90 Å². The Bertz CT molecular complexity index is 987. The lowest BCUT2D eigenvalue weighted by molar-refractivity contribution is -0.156. The van der Waals surface area contributed by atoms with E-state index in [0.717, 1.165) is 0 Å². The second-order valence-electron chi connectivity index (χ2n) is 7.07. The summed E-state index contributed by atoms with van der Waals surface area (Å²) in [4.78, 5) is 54.0. The van der Waals surface area contributed by atoms with Crippen LogP contribution in [0.4, 0.5) is 5.69 Å². The van der Waals surface area contributed by atoms with Gasteiger partial charge < -0.3 is 9.64 Å². The zero-order chi connectivity index (χ0) is 20.6. The Balaban J connectivity index is 1.50. The molecule has 2 aromatic rings. The van der Waals surface area contributed by atoms with Crippen LogP contribution in [-0.4, -0.2) is 47.8 Å². The van der Waals surface area contributed by atoms with Crippen molar-refractivity contribution in [3.05, 3.63) is 52.2 Å². The lowest BCUT2D eigenvalue weighted by Crippen LogP contribution is -2.67. The van der Waals surface area contributed by atoms with Gasteiger partial charge in [0.2, 0.25) is 11.6 Å². The van der Waals surface area contributed by atoms with E-state index in [1.165, 1.54) is 28.2 Å². The van der Waals surface area contributed by atoms with Crippen LogP contribution in [0.25, 0.3) is 0 Å². The predicted octanol–water partition coefficient (Wildman–Crippen LogP) is 2.86. The van der Waals surface area contributed by atoms with Gasteiger partial charge in [0, 0.05) is 26.3 Å². The van der Waals surface area contributed by atoms with E-state index in [2.05, 4.69) is 0 Å². The van der Waals surface area contributed by atoms with E-state index in [1.54, 1.807) is 30.3 Å².